The number of benzene rings is 2. The smallest absolute Gasteiger partial charge is 0.184 e. The lowest BCUT2D eigenvalue weighted by Gasteiger charge is -2.48. The van der Waals surface area contributed by atoms with Crippen LogP contribution in [-0.4, -0.2) is 45.2 Å². The van der Waals surface area contributed by atoms with E-state index in [1.165, 1.54) is 0 Å². The zero-order valence-electron chi connectivity index (χ0n) is 15.0. The zero-order valence-corrected chi connectivity index (χ0v) is 15.0. The molecular weight excluding hydrogens is 332 g/mol. The molecule has 0 radical (unpaired) electrons. The number of rotatable bonds is 4. The molecule has 0 aromatic heterocycles. The first-order chi connectivity index (χ1) is 12.8. The Bertz CT molecular complexity index is 692. The van der Waals surface area contributed by atoms with E-state index in [1.54, 1.807) is 14.2 Å². The van der Waals surface area contributed by atoms with Gasteiger partial charge in [0.05, 0.1) is 6.61 Å². The largest absolute Gasteiger partial charge is 0.376 e. The van der Waals surface area contributed by atoms with Crippen LogP contribution >= 0.6 is 0 Å². The van der Waals surface area contributed by atoms with Gasteiger partial charge < -0.3 is 23.7 Å². The molecule has 0 spiro atoms. The molecule has 0 aliphatic carbocycles. The SMILES string of the molecule is CO[C@H]1[C@H]2OC(c3ccccc3)OC[C@H]2O[C@@H](c2ccccc2)[C@@H]1OC. The van der Waals surface area contributed by atoms with Crippen molar-refractivity contribution in [2.24, 2.45) is 0 Å². The van der Waals surface area contributed by atoms with Crippen LogP contribution in [-0.2, 0) is 23.7 Å². The molecule has 2 aromatic carbocycles. The zero-order chi connectivity index (χ0) is 17.9. The molecule has 0 N–H and O–H groups in total. The summed E-state index contributed by atoms with van der Waals surface area (Å²) in [6.07, 6.45) is -1.64. The maximum Gasteiger partial charge on any atom is 0.184 e. The van der Waals surface area contributed by atoms with Crippen molar-refractivity contribution in [3.63, 3.8) is 0 Å². The van der Waals surface area contributed by atoms with Crippen LogP contribution < -0.4 is 0 Å². The third kappa shape index (κ3) is 3.29. The van der Waals surface area contributed by atoms with E-state index in [9.17, 15) is 0 Å². The van der Waals surface area contributed by atoms with Gasteiger partial charge in [-0.15, -0.1) is 0 Å². The van der Waals surface area contributed by atoms with Crippen molar-refractivity contribution in [2.75, 3.05) is 20.8 Å². The molecule has 2 heterocycles. The summed E-state index contributed by atoms with van der Waals surface area (Å²) < 4.78 is 30.1. The minimum atomic E-state index is -0.426. The van der Waals surface area contributed by atoms with E-state index in [2.05, 4.69) is 0 Å². The van der Waals surface area contributed by atoms with E-state index in [0.29, 0.717) is 6.61 Å². The van der Waals surface area contributed by atoms with Crippen LogP contribution in [0, 0.1) is 0 Å². The van der Waals surface area contributed by atoms with Gasteiger partial charge >= 0.3 is 0 Å². The molecule has 1 unspecified atom stereocenters. The topological polar surface area (TPSA) is 46.2 Å². The van der Waals surface area contributed by atoms with Gasteiger partial charge in [0, 0.05) is 19.8 Å². The molecule has 5 heteroatoms. The van der Waals surface area contributed by atoms with Crippen molar-refractivity contribution in [1.29, 1.82) is 0 Å². The second kappa shape index (κ2) is 7.86. The molecular formula is C21H24O5. The summed E-state index contributed by atoms with van der Waals surface area (Å²) in [7, 11) is 3.38. The van der Waals surface area contributed by atoms with Gasteiger partial charge in [-0.05, 0) is 5.56 Å². The van der Waals surface area contributed by atoms with E-state index < -0.39 is 6.29 Å². The first-order valence-corrected chi connectivity index (χ1v) is 8.90. The molecule has 2 fully saturated rings. The molecule has 4 rings (SSSR count). The van der Waals surface area contributed by atoms with Crippen LogP contribution in [0.3, 0.4) is 0 Å². The maximum absolute atomic E-state index is 6.34. The fraction of sp³-hybridized carbons (Fsp3) is 0.429. The Hall–Kier alpha value is -1.76. The van der Waals surface area contributed by atoms with Crippen molar-refractivity contribution in [1.82, 2.24) is 0 Å². The maximum atomic E-state index is 6.34. The van der Waals surface area contributed by atoms with Gasteiger partial charge in [-0.1, -0.05) is 60.7 Å². The highest BCUT2D eigenvalue weighted by Gasteiger charge is 2.50. The van der Waals surface area contributed by atoms with Crippen molar-refractivity contribution < 1.29 is 23.7 Å². The van der Waals surface area contributed by atoms with E-state index in [1.807, 2.05) is 60.7 Å². The normalized spacial score (nSPS) is 34.2. The van der Waals surface area contributed by atoms with Gasteiger partial charge in [0.25, 0.3) is 0 Å². The van der Waals surface area contributed by atoms with Crippen LogP contribution in [0.4, 0.5) is 0 Å². The Morgan fingerprint density at radius 3 is 2.00 bits per heavy atom. The number of hydrogen-bond acceptors (Lipinski definition) is 5. The fourth-order valence-electron chi connectivity index (χ4n) is 3.80. The van der Waals surface area contributed by atoms with E-state index >= 15 is 0 Å². The van der Waals surface area contributed by atoms with Crippen LogP contribution in [0.1, 0.15) is 23.5 Å². The van der Waals surface area contributed by atoms with Gasteiger partial charge in [0.2, 0.25) is 0 Å². The molecule has 5 nitrogen and oxygen atoms in total. The molecule has 2 aromatic rings. The van der Waals surface area contributed by atoms with Gasteiger partial charge in [-0.25, -0.2) is 0 Å². The highest BCUT2D eigenvalue weighted by Crippen LogP contribution is 2.40. The molecule has 26 heavy (non-hydrogen) atoms. The lowest BCUT2D eigenvalue weighted by Crippen LogP contribution is -2.60. The van der Waals surface area contributed by atoms with Crippen LogP contribution in [0.15, 0.2) is 60.7 Å². The lowest BCUT2D eigenvalue weighted by molar-refractivity contribution is -0.334. The van der Waals surface area contributed by atoms with Gasteiger partial charge in [-0.3, -0.25) is 0 Å². The van der Waals surface area contributed by atoms with Crippen LogP contribution in [0.2, 0.25) is 0 Å². The standard InChI is InChI=1S/C21H24O5/c1-22-19-17(14-9-5-3-6-10-14)25-16-13-24-21(15-11-7-4-8-12-15)26-18(16)20(19)23-2/h3-12,16-21H,13H2,1-2H3/t16-,17+,18+,19+,20+,21?/m1/s1. The summed E-state index contributed by atoms with van der Waals surface area (Å²) in [5.74, 6) is 0. The minimum absolute atomic E-state index is 0.212. The van der Waals surface area contributed by atoms with E-state index in [-0.39, 0.29) is 30.5 Å². The third-order valence-electron chi connectivity index (χ3n) is 5.07. The summed E-state index contributed by atoms with van der Waals surface area (Å²) in [6.45, 7) is 0.448. The minimum Gasteiger partial charge on any atom is -0.376 e. The first kappa shape index (κ1) is 17.6. The molecule has 138 valence electrons. The number of methoxy groups -OCH3 is 2. The monoisotopic (exact) mass is 356 g/mol. The number of hydrogen-bond donors (Lipinski definition) is 0. The van der Waals surface area contributed by atoms with Crippen molar-refractivity contribution in [3.8, 4) is 0 Å². The van der Waals surface area contributed by atoms with Crippen LogP contribution in [0.25, 0.3) is 0 Å². The highest BCUT2D eigenvalue weighted by atomic mass is 16.7. The molecule has 2 saturated heterocycles. The Kier molecular flexibility index (Phi) is 5.33. The Balaban J connectivity index is 1.59. The fourth-order valence-corrected chi connectivity index (χ4v) is 3.80. The van der Waals surface area contributed by atoms with E-state index in [4.69, 9.17) is 23.7 Å². The average Bonchev–Trinajstić information content (AvgIpc) is 2.73. The Morgan fingerprint density at radius 1 is 0.769 bits per heavy atom. The predicted octanol–water partition coefficient (Wildman–Crippen LogP) is 3.27. The lowest BCUT2D eigenvalue weighted by atomic mass is 9.90. The molecule has 2 aliphatic rings. The number of fused-ring (bicyclic) bond motifs is 1. The van der Waals surface area contributed by atoms with Crippen molar-refractivity contribution in [3.05, 3.63) is 71.8 Å². The van der Waals surface area contributed by atoms with Crippen molar-refractivity contribution >= 4 is 0 Å². The molecule has 0 bridgehead atoms. The second-order valence-electron chi connectivity index (χ2n) is 6.58. The Morgan fingerprint density at radius 2 is 1.38 bits per heavy atom. The highest BCUT2D eigenvalue weighted by molar-refractivity contribution is 5.21. The summed E-state index contributed by atoms with van der Waals surface area (Å²) in [5.41, 5.74) is 2.05. The molecule has 0 saturated carbocycles. The summed E-state index contributed by atoms with van der Waals surface area (Å²) in [6, 6.07) is 20.0. The average molecular weight is 356 g/mol. The quantitative estimate of drug-likeness (QED) is 0.841. The van der Waals surface area contributed by atoms with Gasteiger partial charge in [-0.2, -0.15) is 0 Å². The third-order valence-corrected chi connectivity index (χ3v) is 5.07. The van der Waals surface area contributed by atoms with E-state index in [0.717, 1.165) is 11.1 Å². The van der Waals surface area contributed by atoms with Crippen molar-refractivity contribution in [2.45, 2.75) is 36.8 Å². The number of ether oxygens (including phenoxy) is 5. The molecule has 6 atom stereocenters. The first-order valence-electron chi connectivity index (χ1n) is 8.90. The van der Waals surface area contributed by atoms with Gasteiger partial charge in [0.15, 0.2) is 6.29 Å². The van der Waals surface area contributed by atoms with Gasteiger partial charge in [0.1, 0.15) is 30.5 Å². The Labute approximate surface area is 153 Å². The second-order valence-corrected chi connectivity index (χ2v) is 6.58. The summed E-state index contributed by atoms with van der Waals surface area (Å²) >= 11 is 0. The van der Waals surface area contributed by atoms with Crippen LogP contribution in [0.5, 0.6) is 0 Å². The summed E-state index contributed by atoms with van der Waals surface area (Å²) in [4.78, 5) is 0. The molecule has 0 amide bonds. The summed E-state index contributed by atoms with van der Waals surface area (Å²) in [5, 5.41) is 0. The predicted molar refractivity (Wildman–Crippen MR) is 95.7 cm³/mol. The molecule has 2 aliphatic heterocycles.